The van der Waals surface area contributed by atoms with Crippen LogP contribution in [0.5, 0.6) is 0 Å². The van der Waals surface area contributed by atoms with Gasteiger partial charge in [-0.25, -0.2) is 4.98 Å². The van der Waals surface area contributed by atoms with E-state index >= 15 is 0 Å². The Morgan fingerprint density at radius 2 is 2.08 bits per heavy atom. The fourth-order valence-corrected chi connectivity index (χ4v) is 3.78. The van der Waals surface area contributed by atoms with Crippen LogP contribution in [-0.2, 0) is 6.54 Å². The van der Waals surface area contributed by atoms with Crippen LogP contribution >= 0.6 is 11.3 Å². The maximum Gasteiger partial charge on any atom is 0.263 e. The first-order valence-electron chi connectivity index (χ1n) is 8.67. The van der Waals surface area contributed by atoms with Gasteiger partial charge in [-0.3, -0.25) is 14.9 Å². The number of likely N-dealkylation sites (tertiary alicyclic amines) is 1. The summed E-state index contributed by atoms with van der Waals surface area (Å²) in [6, 6.07) is 7.98. The summed E-state index contributed by atoms with van der Waals surface area (Å²) >= 11 is 1.50. The van der Waals surface area contributed by atoms with Gasteiger partial charge in [0, 0.05) is 37.1 Å². The van der Waals surface area contributed by atoms with Crippen molar-refractivity contribution < 1.29 is 4.79 Å². The lowest BCUT2D eigenvalue weighted by Gasteiger charge is -2.32. The lowest BCUT2D eigenvalue weighted by Crippen LogP contribution is -2.44. The predicted octanol–water partition coefficient (Wildman–Crippen LogP) is 2.32. The number of pyridine rings is 1. The molecule has 0 aromatic carbocycles. The van der Waals surface area contributed by atoms with E-state index in [1.807, 2.05) is 34.5 Å². The SMILES string of the molecule is O=C(c1cccs1)N1CCC(NCc2nc(-c3ccncc3)n[nH]2)CC1. The molecule has 0 spiro atoms. The molecule has 134 valence electrons. The molecule has 7 nitrogen and oxygen atoms in total. The van der Waals surface area contributed by atoms with E-state index in [4.69, 9.17) is 0 Å². The maximum atomic E-state index is 12.4. The van der Waals surface area contributed by atoms with Crippen LogP contribution in [-0.4, -0.2) is 50.1 Å². The number of carbonyl (C=O) groups is 1. The number of aromatic amines is 1. The van der Waals surface area contributed by atoms with E-state index < -0.39 is 0 Å². The molecule has 1 aliphatic heterocycles. The number of hydrogen-bond acceptors (Lipinski definition) is 6. The van der Waals surface area contributed by atoms with Crippen LogP contribution in [0.1, 0.15) is 28.3 Å². The molecule has 1 saturated heterocycles. The third-order valence-electron chi connectivity index (χ3n) is 4.54. The number of piperidine rings is 1. The van der Waals surface area contributed by atoms with Crippen LogP contribution in [0.25, 0.3) is 11.4 Å². The number of hydrogen-bond donors (Lipinski definition) is 2. The van der Waals surface area contributed by atoms with Gasteiger partial charge in [0.2, 0.25) is 0 Å². The van der Waals surface area contributed by atoms with Crippen molar-refractivity contribution in [2.75, 3.05) is 13.1 Å². The smallest absolute Gasteiger partial charge is 0.263 e. The quantitative estimate of drug-likeness (QED) is 0.722. The first kappa shape index (κ1) is 16.9. The Labute approximate surface area is 155 Å². The molecule has 2 N–H and O–H groups in total. The molecule has 0 saturated carbocycles. The normalized spacial score (nSPS) is 15.3. The van der Waals surface area contributed by atoms with E-state index in [1.54, 1.807) is 12.4 Å². The molecule has 0 unspecified atom stereocenters. The van der Waals surface area contributed by atoms with Crippen LogP contribution in [0, 0.1) is 0 Å². The fourth-order valence-electron chi connectivity index (χ4n) is 3.09. The van der Waals surface area contributed by atoms with Gasteiger partial charge in [-0.05, 0) is 36.4 Å². The van der Waals surface area contributed by atoms with E-state index in [9.17, 15) is 4.79 Å². The van der Waals surface area contributed by atoms with Crippen molar-refractivity contribution in [3.05, 3.63) is 52.7 Å². The van der Waals surface area contributed by atoms with Crippen LogP contribution < -0.4 is 5.32 Å². The Morgan fingerprint density at radius 1 is 1.27 bits per heavy atom. The number of amides is 1. The molecule has 0 bridgehead atoms. The van der Waals surface area contributed by atoms with Crippen molar-refractivity contribution in [1.82, 2.24) is 30.4 Å². The van der Waals surface area contributed by atoms with E-state index in [0.717, 1.165) is 42.2 Å². The second-order valence-corrected chi connectivity index (χ2v) is 7.21. The Balaban J connectivity index is 1.26. The molecular formula is C18H20N6OS. The molecule has 4 heterocycles. The van der Waals surface area contributed by atoms with Crippen molar-refractivity contribution in [2.24, 2.45) is 0 Å². The minimum absolute atomic E-state index is 0.149. The second-order valence-electron chi connectivity index (χ2n) is 6.27. The summed E-state index contributed by atoms with van der Waals surface area (Å²) in [7, 11) is 0. The molecule has 4 rings (SSSR count). The molecule has 0 atom stereocenters. The summed E-state index contributed by atoms with van der Waals surface area (Å²) in [5.41, 5.74) is 0.947. The predicted molar refractivity (Wildman–Crippen MR) is 99.7 cm³/mol. The highest BCUT2D eigenvalue weighted by Crippen LogP contribution is 2.17. The van der Waals surface area contributed by atoms with Gasteiger partial charge in [0.1, 0.15) is 5.82 Å². The van der Waals surface area contributed by atoms with E-state index in [0.29, 0.717) is 18.4 Å². The van der Waals surface area contributed by atoms with Gasteiger partial charge < -0.3 is 10.2 Å². The molecule has 8 heteroatoms. The lowest BCUT2D eigenvalue weighted by molar-refractivity contribution is 0.0709. The first-order chi connectivity index (χ1) is 12.8. The Morgan fingerprint density at radius 3 is 2.81 bits per heavy atom. The molecule has 1 aliphatic rings. The van der Waals surface area contributed by atoms with E-state index in [2.05, 4.69) is 25.5 Å². The number of nitrogens with one attached hydrogen (secondary N) is 2. The highest BCUT2D eigenvalue weighted by molar-refractivity contribution is 7.12. The third kappa shape index (κ3) is 3.81. The van der Waals surface area contributed by atoms with Gasteiger partial charge in [0.05, 0.1) is 11.4 Å². The highest BCUT2D eigenvalue weighted by Gasteiger charge is 2.24. The summed E-state index contributed by atoms with van der Waals surface area (Å²) in [6.07, 6.45) is 5.36. The molecular weight excluding hydrogens is 348 g/mol. The number of H-pyrrole nitrogens is 1. The van der Waals surface area contributed by atoms with Gasteiger partial charge in [0.25, 0.3) is 5.91 Å². The minimum atomic E-state index is 0.149. The molecule has 3 aromatic heterocycles. The van der Waals surface area contributed by atoms with Crippen molar-refractivity contribution in [1.29, 1.82) is 0 Å². The summed E-state index contributed by atoms with van der Waals surface area (Å²) in [4.78, 5) is 23.7. The van der Waals surface area contributed by atoms with Gasteiger partial charge in [-0.2, -0.15) is 5.10 Å². The molecule has 3 aromatic rings. The number of rotatable bonds is 5. The first-order valence-corrected chi connectivity index (χ1v) is 9.55. The lowest BCUT2D eigenvalue weighted by atomic mass is 10.0. The van der Waals surface area contributed by atoms with Crippen LogP contribution in [0.15, 0.2) is 42.0 Å². The van der Waals surface area contributed by atoms with Crippen LogP contribution in [0.2, 0.25) is 0 Å². The highest BCUT2D eigenvalue weighted by atomic mass is 32.1. The van der Waals surface area contributed by atoms with Crippen LogP contribution in [0.4, 0.5) is 0 Å². The summed E-state index contributed by atoms with van der Waals surface area (Å²) in [6.45, 7) is 2.21. The topological polar surface area (TPSA) is 86.8 Å². The number of thiophene rings is 1. The zero-order valence-corrected chi connectivity index (χ0v) is 15.1. The van der Waals surface area contributed by atoms with Gasteiger partial charge in [-0.15, -0.1) is 11.3 Å². The van der Waals surface area contributed by atoms with Crippen molar-refractivity contribution in [3.63, 3.8) is 0 Å². The standard InChI is InChI=1S/C18H20N6OS/c25-18(15-2-1-11-26-15)24-9-5-14(6-10-24)20-12-16-21-17(23-22-16)13-3-7-19-8-4-13/h1-4,7-8,11,14,20H,5-6,9-10,12H2,(H,21,22,23). The molecule has 26 heavy (non-hydrogen) atoms. The number of carbonyl (C=O) groups excluding carboxylic acids is 1. The number of nitrogens with zero attached hydrogens (tertiary/aromatic N) is 4. The van der Waals surface area contributed by atoms with Gasteiger partial charge in [-0.1, -0.05) is 6.07 Å². The van der Waals surface area contributed by atoms with Gasteiger partial charge >= 0.3 is 0 Å². The largest absolute Gasteiger partial charge is 0.338 e. The number of aromatic nitrogens is 4. The van der Waals surface area contributed by atoms with E-state index in [1.165, 1.54) is 11.3 Å². The molecule has 1 amide bonds. The average molecular weight is 368 g/mol. The fraction of sp³-hybridized carbons (Fsp3) is 0.333. The average Bonchev–Trinajstić information content (AvgIpc) is 3.39. The van der Waals surface area contributed by atoms with Crippen molar-refractivity contribution in [3.8, 4) is 11.4 Å². The Bertz CT molecular complexity index is 840. The minimum Gasteiger partial charge on any atom is -0.338 e. The van der Waals surface area contributed by atoms with E-state index in [-0.39, 0.29) is 5.91 Å². The second kappa shape index (κ2) is 7.76. The Hall–Kier alpha value is -2.58. The van der Waals surface area contributed by atoms with Crippen LogP contribution in [0.3, 0.4) is 0 Å². The third-order valence-corrected chi connectivity index (χ3v) is 5.40. The van der Waals surface area contributed by atoms with Crippen molar-refractivity contribution in [2.45, 2.75) is 25.4 Å². The van der Waals surface area contributed by atoms with Gasteiger partial charge in [0.15, 0.2) is 5.82 Å². The molecule has 0 radical (unpaired) electrons. The summed E-state index contributed by atoms with van der Waals surface area (Å²) in [5, 5.41) is 12.7. The zero-order chi connectivity index (χ0) is 17.8. The monoisotopic (exact) mass is 368 g/mol. The Kier molecular flexibility index (Phi) is 5.03. The summed E-state index contributed by atoms with van der Waals surface area (Å²) < 4.78 is 0. The van der Waals surface area contributed by atoms with Crippen molar-refractivity contribution >= 4 is 17.2 Å². The zero-order valence-electron chi connectivity index (χ0n) is 14.3. The maximum absolute atomic E-state index is 12.4. The molecule has 0 aliphatic carbocycles. The summed E-state index contributed by atoms with van der Waals surface area (Å²) in [5.74, 6) is 1.64. The molecule has 1 fully saturated rings.